The number of esters is 2. The van der Waals surface area contributed by atoms with Gasteiger partial charge in [0.05, 0.1) is 11.5 Å². The van der Waals surface area contributed by atoms with E-state index in [1.807, 2.05) is 0 Å². The van der Waals surface area contributed by atoms with Gasteiger partial charge in [-0.25, -0.2) is 9.59 Å². The molecule has 142 valence electrons. The molecule has 0 aliphatic carbocycles. The number of amides is 1. The molecule has 0 fully saturated rings. The van der Waals surface area contributed by atoms with Crippen LogP contribution in [0.3, 0.4) is 0 Å². The highest BCUT2D eigenvalue weighted by atomic mass is 16.6. The number of rotatable bonds is 7. The van der Waals surface area contributed by atoms with E-state index < -0.39 is 35.5 Å². The molecule has 1 aromatic carbocycles. The Kier molecular flexibility index (Phi) is 7.77. The van der Waals surface area contributed by atoms with E-state index in [9.17, 15) is 24.3 Å². The summed E-state index contributed by atoms with van der Waals surface area (Å²) in [7, 11) is 0. The normalized spacial score (nSPS) is 12.0. The number of carbonyl (C=O) groups excluding carboxylic acids is 3. The van der Waals surface area contributed by atoms with Crippen molar-refractivity contribution in [1.29, 1.82) is 0 Å². The van der Waals surface area contributed by atoms with E-state index in [0.29, 0.717) is 0 Å². The molecular weight excluding hydrogens is 342 g/mol. The third kappa shape index (κ3) is 8.27. The third-order valence-corrected chi connectivity index (χ3v) is 3.15. The lowest BCUT2D eigenvalue weighted by molar-refractivity contribution is -0.142. The summed E-state index contributed by atoms with van der Waals surface area (Å²) in [6, 6.07) is 7.97. The highest BCUT2D eigenvalue weighted by Crippen LogP contribution is 2.10. The molecule has 0 saturated carbocycles. The molecule has 0 aliphatic rings. The fourth-order valence-electron chi connectivity index (χ4n) is 1.91. The molecule has 0 aromatic heterocycles. The van der Waals surface area contributed by atoms with Crippen molar-refractivity contribution in [2.75, 3.05) is 6.54 Å². The molecule has 1 amide bonds. The lowest BCUT2D eigenvalue weighted by Gasteiger charge is -2.20. The van der Waals surface area contributed by atoms with Crippen molar-refractivity contribution >= 4 is 24.0 Å². The minimum absolute atomic E-state index is 0.0912. The van der Waals surface area contributed by atoms with E-state index in [4.69, 9.17) is 4.74 Å². The van der Waals surface area contributed by atoms with Crippen LogP contribution in [-0.2, 0) is 19.1 Å². The number of carbonyl (C=O) groups is 4. The largest absolute Gasteiger partial charge is 0.481 e. The summed E-state index contributed by atoms with van der Waals surface area (Å²) in [5, 5.41) is 11.5. The molecule has 1 atom stereocenters. The summed E-state index contributed by atoms with van der Waals surface area (Å²) in [5.74, 6) is -3.82. The van der Waals surface area contributed by atoms with Gasteiger partial charge in [0, 0.05) is 13.0 Å². The monoisotopic (exact) mass is 365 g/mol. The second kappa shape index (κ2) is 9.55. The van der Waals surface area contributed by atoms with Crippen molar-refractivity contribution in [2.24, 2.45) is 5.92 Å². The minimum Gasteiger partial charge on any atom is -0.481 e. The number of ether oxygens (including phenoxy) is 2. The van der Waals surface area contributed by atoms with E-state index in [0.717, 1.165) is 0 Å². The fourth-order valence-corrected chi connectivity index (χ4v) is 1.91. The van der Waals surface area contributed by atoms with Crippen LogP contribution in [0.2, 0.25) is 0 Å². The molecule has 0 heterocycles. The second-order valence-corrected chi connectivity index (χ2v) is 6.58. The first-order valence-electron chi connectivity index (χ1n) is 8.08. The first kappa shape index (κ1) is 21.1. The van der Waals surface area contributed by atoms with E-state index in [1.165, 1.54) is 12.1 Å². The zero-order valence-electron chi connectivity index (χ0n) is 15.0. The molecule has 1 rings (SSSR count). The van der Waals surface area contributed by atoms with Crippen molar-refractivity contribution < 1.29 is 33.8 Å². The molecule has 1 aromatic rings. The molecule has 1 unspecified atom stereocenters. The van der Waals surface area contributed by atoms with Crippen LogP contribution in [0.5, 0.6) is 0 Å². The SMILES string of the molecule is CC(C)(C)OC(=O)NCC(CCC(=O)OC(=O)c1ccccc1)C(=O)O. The summed E-state index contributed by atoms with van der Waals surface area (Å²) >= 11 is 0. The minimum atomic E-state index is -1.18. The van der Waals surface area contributed by atoms with Gasteiger partial charge in [-0.3, -0.25) is 9.59 Å². The zero-order chi connectivity index (χ0) is 19.7. The highest BCUT2D eigenvalue weighted by Gasteiger charge is 2.23. The number of carboxylic acids is 1. The molecule has 0 saturated heterocycles. The first-order valence-corrected chi connectivity index (χ1v) is 8.08. The maximum Gasteiger partial charge on any atom is 0.407 e. The summed E-state index contributed by atoms with van der Waals surface area (Å²) < 4.78 is 9.69. The van der Waals surface area contributed by atoms with Crippen LogP contribution < -0.4 is 5.32 Å². The van der Waals surface area contributed by atoms with Crippen molar-refractivity contribution in [1.82, 2.24) is 5.32 Å². The molecule has 2 N–H and O–H groups in total. The van der Waals surface area contributed by atoms with Crippen LogP contribution in [0.4, 0.5) is 4.79 Å². The van der Waals surface area contributed by atoms with Gasteiger partial charge >= 0.3 is 24.0 Å². The Labute approximate surface area is 151 Å². The van der Waals surface area contributed by atoms with Crippen LogP contribution in [0.15, 0.2) is 30.3 Å². The molecule has 0 spiro atoms. The average molecular weight is 365 g/mol. The van der Waals surface area contributed by atoms with Crippen LogP contribution in [-0.4, -0.2) is 41.3 Å². The van der Waals surface area contributed by atoms with Crippen LogP contribution in [0, 0.1) is 5.92 Å². The highest BCUT2D eigenvalue weighted by molar-refractivity contribution is 5.96. The van der Waals surface area contributed by atoms with Crippen molar-refractivity contribution in [3.8, 4) is 0 Å². The fraction of sp³-hybridized carbons (Fsp3) is 0.444. The van der Waals surface area contributed by atoms with Gasteiger partial charge in [-0.1, -0.05) is 18.2 Å². The van der Waals surface area contributed by atoms with Gasteiger partial charge in [-0.15, -0.1) is 0 Å². The van der Waals surface area contributed by atoms with Crippen LogP contribution in [0.1, 0.15) is 44.0 Å². The van der Waals surface area contributed by atoms with Gasteiger partial charge in [0.1, 0.15) is 5.60 Å². The van der Waals surface area contributed by atoms with E-state index in [1.54, 1.807) is 39.0 Å². The lowest BCUT2D eigenvalue weighted by Crippen LogP contribution is -2.37. The lowest BCUT2D eigenvalue weighted by atomic mass is 10.0. The van der Waals surface area contributed by atoms with Gasteiger partial charge in [-0.05, 0) is 39.3 Å². The van der Waals surface area contributed by atoms with Crippen molar-refractivity contribution in [3.63, 3.8) is 0 Å². The third-order valence-electron chi connectivity index (χ3n) is 3.15. The zero-order valence-corrected chi connectivity index (χ0v) is 15.0. The Bertz CT molecular complexity index is 649. The van der Waals surface area contributed by atoms with Gasteiger partial charge < -0.3 is 19.9 Å². The predicted molar refractivity (Wildman–Crippen MR) is 91.5 cm³/mol. The number of carboxylic acid groups (broad SMARTS) is 1. The molecule has 8 nitrogen and oxygen atoms in total. The molecular formula is C18H23NO7. The Balaban J connectivity index is 2.45. The smallest absolute Gasteiger partial charge is 0.407 e. The summed E-state index contributed by atoms with van der Waals surface area (Å²) in [6.07, 6.45) is -1.11. The average Bonchev–Trinajstić information content (AvgIpc) is 2.53. The van der Waals surface area contributed by atoms with E-state index in [-0.39, 0.29) is 24.9 Å². The van der Waals surface area contributed by atoms with Gasteiger partial charge in [0.15, 0.2) is 0 Å². The maximum absolute atomic E-state index is 11.7. The Morgan fingerprint density at radius 3 is 2.27 bits per heavy atom. The van der Waals surface area contributed by atoms with Crippen LogP contribution in [0.25, 0.3) is 0 Å². The summed E-state index contributed by atoms with van der Waals surface area (Å²) in [5.41, 5.74) is -0.480. The molecule has 0 radical (unpaired) electrons. The number of hydrogen-bond donors (Lipinski definition) is 2. The quantitative estimate of drug-likeness (QED) is 0.562. The number of benzene rings is 1. The predicted octanol–water partition coefficient (Wildman–Crippen LogP) is 2.38. The Hall–Kier alpha value is -2.90. The summed E-state index contributed by atoms with van der Waals surface area (Å²) in [6.45, 7) is 4.84. The first-order chi connectivity index (χ1) is 12.1. The van der Waals surface area contributed by atoms with Crippen molar-refractivity contribution in [2.45, 2.75) is 39.2 Å². The second-order valence-electron chi connectivity index (χ2n) is 6.58. The molecule has 26 heavy (non-hydrogen) atoms. The maximum atomic E-state index is 11.7. The molecule has 0 bridgehead atoms. The van der Waals surface area contributed by atoms with E-state index in [2.05, 4.69) is 10.1 Å². The molecule has 0 aliphatic heterocycles. The summed E-state index contributed by atoms with van der Waals surface area (Å²) in [4.78, 5) is 46.3. The molecule has 8 heteroatoms. The van der Waals surface area contributed by atoms with Gasteiger partial charge in [-0.2, -0.15) is 0 Å². The van der Waals surface area contributed by atoms with Crippen molar-refractivity contribution in [3.05, 3.63) is 35.9 Å². The standard InChI is InChI=1S/C18H23NO7/c1-18(2,3)26-17(24)19-11-13(15(21)22)9-10-14(20)25-16(23)12-7-5-4-6-8-12/h4-8,13H,9-11H2,1-3H3,(H,19,24)(H,21,22). The Morgan fingerprint density at radius 2 is 1.73 bits per heavy atom. The van der Waals surface area contributed by atoms with Crippen LogP contribution >= 0.6 is 0 Å². The topological polar surface area (TPSA) is 119 Å². The van der Waals surface area contributed by atoms with E-state index >= 15 is 0 Å². The van der Waals surface area contributed by atoms with Gasteiger partial charge in [0.25, 0.3) is 0 Å². The number of aliphatic carboxylic acids is 1. The number of alkyl carbamates (subject to hydrolysis) is 1. The number of nitrogens with one attached hydrogen (secondary N) is 1. The number of hydrogen-bond acceptors (Lipinski definition) is 6. The Morgan fingerprint density at radius 1 is 1.12 bits per heavy atom. The van der Waals surface area contributed by atoms with Gasteiger partial charge in [0.2, 0.25) is 0 Å².